The molecule has 20 heavy (non-hydrogen) atoms. The summed E-state index contributed by atoms with van der Waals surface area (Å²) in [7, 11) is 0. The third-order valence-corrected chi connectivity index (χ3v) is 3.71. The molecule has 0 saturated heterocycles. The molecule has 5 heteroatoms. The van der Waals surface area contributed by atoms with Gasteiger partial charge >= 0.3 is 0 Å². The van der Waals surface area contributed by atoms with Crippen LogP contribution in [0.1, 0.15) is 35.2 Å². The lowest BCUT2D eigenvalue weighted by atomic mass is 9.77. The van der Waals surface area contributed by atoms with Gasteiger partial charge in [0.2, 0.25) is 5.91 Å². The van der Waals surface area contributed by atoms with Crippen molar-refractivity contribution in [1.29, 1.82) is 0 Å². The van der Waals surface area contributed by atoms with Crippen molar-refractivity contribution < 1.29 is 14.7 Å². The Morgan fingerprint density at radius 2 is 2.10 bits per heavy atom. The lowest BCUT2D eigenvalue weighted by Gasteiger charge is -2.40. The first-order chi connectivity index (χ1) is 9.54. The predicted octanol–water partition coefficient (Wildman–Crippen LogP) is 0.756. The second-order valence-corrected chi connectivity index (χ2v) is 5.39. The van der Waals surface area contributed by atoms with Crippen LogP contribution in [0.25, 0.3) is 0 Å². The van der Waals surface area contributed by atoms with Gasteiger partial charge in [0.15, 0.2) is 0 Å². The summed E-state index contributed by atoms with van der Waals surface area (Å²) >= 11 is 0. The molecule has 1 aromatic rings. The van der Waals surface area contributed by atoms with Gasteiger partial charge in [-0.05, 0) is 38.3 Å². The first-order valence-corrected chi connectivity index (χ1v) is 6.81. The number of aryl methyl sites for hydroxylation is 1. The Hall–Kier alpha value is -1.88. The van der Waals surface area contributed by atoms with Crippen LogP contribution in [0, 0.1) is 6.92 Å². The minimum atomic E-state index is -0.467. The average Bonchev–Trinajstić information content (AvgIpc) is 2.40. The number of benzene rings is 1. The Bertz CT molecular complexity index is 504. The van der Waals surface area contributed by atoms with Gasteiger partial charge in [-0.1, -0.05) is 17.7 Å². The molecule has 0 heterocycles. The fourth-order valence-electron chi connectivity index (χ4n) is 2.32. The fraction of sp³-hybridized carbons (Fsp3) is 0.467. The molecule has 1 saturated carbocycles. The summed E-state index contributed by atoms with van der Waals surface area (Å²) in [6.45, 7) is 1.78. The molecule has 0 unspecified atom stereocenters. The lowest BCUT2D eigenvalue weighted by Crippen LogP contribution is -2.57. The van der Waals surface area contributed by atoms with Crippen LogP contribution >= 0.6 is 0 Å². The summed E-state index contributed by atoms with van der Waals surface area (Å²) < 4.78 is 0. The molecule has 0 aliphatic heterocycles. The highest BCUT2D eigenvalue weighted by Gasteiger charge is 2.37. The first-order valence-electron chi connectivity index (χ1n) is 6.81. The van der Waals surface area contributed by atoms with Crippen molar-refractivity contribution in [1.82, 2.24) is 10.6 Å². The van der Waals surface area contributed by atoms with E-state index >= 15 is 0 Å². The molecule has 0 spiro atoms. The summed E-state index contributed by atoms with van der Waals surface area (Å²) in [5, 5.41) is 14.7. The first kappa shape index (κ1) is 14.5. The van der Waals surface area contributed by atoms with Gasteiger partial charge in [-0.25, -0.2) is 0 Å². The van der Waals surface area contributed by atoms with Crippen LogP contribution in [0.5, 0.6) is 0 Å². The van der Waals surface area contributed by atoms with E-state index in [0.29, 0.717) is 5.56 Å². The Balaban J connectivity index is 1.83. The number of carbonyl (C=O) groups is 2. The molecule has 1 aromatic carbocycles. The molecule has 1 aliphatic rings. The van der Waals surface area contributed by atoms with Gasteiger partial charge in [0.25, 0.3) is 5.91 Å². The molecule has 2 amide bonds. The molecule has 108 valence electrons. The summed E-state index contributed by atoms with van der Waals surface area (Å²) in [5.41, 5.74) is 1.07. The van der Waals surface area contributed by atoms with E-state index in [4.69, 9.17) is 0 Å². The van der Waals surface area contributed by atoms with E-state index in [-0.39, 0.29) is 25.0 Å². The number of hydrogen-bond donors (Lipinski definition) is 3. The van der Waals surface area contributed by atoms with Crippen LogP contribution in [0.15, 0.2) is 24.3 Å². The van der Waals surface area contributed by atoms with E-state index in [9.17, 15) is 14.7 Å². The summed E-state index contributed by atoms with van der Waals surface area (Å²) in [6, 6.07) is 7.19. The number of aliphatic hydroxyl groups is 1. The standard InChI is InChI=1S/C15H20N2O3/c1-11-4-2-5-12(8-11)14(20)16-9-13(19)17-15(10-18)6-3-7-15/h2,4-5,8,18H,3,6-7,9-10H2,1H3,(H,16,20)(H,17,19). The topological polar surface area (TPSA) is 78.4 Å². The predicted molar refractivity (Wildman–Crippen MR) is 75.3 cm³/mol. The Labute approximate surface area is 118 Å². The fourth-order valence-corrected chi connectivity index (χ4v) is 2.32. The molecule has 2 rings (SSSR count). The molecule has 0 radical (unpaired) electrons. The third kappa shape index (κ3) is 3.36. The summed E-state index contributed by atoms with van der Waals surface area (Å²) in [4.78, 5) is 23.7. The number of rotatable bonds is 5. The molecular formula is C15H20N2O3. The molecular weight excluding hydrogens is 256 g/mol. The van der Waals surface area contributed by atoms with Gasteiger partial charge in [0, 0.05) is 5.56 Å². The van der Waals surface area contributed by atoms with E-state index in [1.807, 2.05) is 13.0 Å². The molecule has 0 aromatic heterocycles. The minimum Gasteiger partial charge on any atom is -0.394 e. The highest BCUT2D eigenvalue weighted by atomic mass is 16.3. The zero-order chi connectivity index (χ0) is 14.6. The SMILES string of the molecule is Cc1cccc(C(=O)NCC(=O)NC2(CO)CCC2)c1. The molecule has 0 atom stereocenters. The van der Waals surface area contributed by atoms with Gasteiger partial charge in [-0.15, -0.1) is 0 Å². The van der Waals surface area contributed by atoms with Crippen molar-refractivity contribution in [3.63, 3.8) is 0 Å². The van der Waals surface area contributed by atoms with E-state index in [1.54, 1.807) is 18.2 Å². The van der Waals surface area contributed by atoms with E-state index in [2.05, 4.69) is 10.6 Å². The van der Waals surface area contributed by atoms with Crippen molar-refractivity contribution in [3.05, 3.63) is 35.4 Å². The maximum Gasteiger partial charge on any atom is 0.251 e. The maximum absolute atomic E-state index is 11.9. The zero-order valence-electron chi connectivity index (χ0n) is 11.6. The molecule has 0 bridgehead atoms. The van der Waals surface area contributed by atoms with E-state index < -0.39 is 5.54 Å². The molecule has 5 nitrogen and oxygen atoms in total. The van der Waals surface area contributed by atoms with Crippen molar-refractivity contribution in [3.8, 4) is 0 Å². The zero-order valence-corrected chi connectivity index (χ0v) is 11.6. The van der Waals surface area contributed by atoms with Crippen LogP contribution in [-0.4, -0.2) is 35.6 Å². The monoisotopic (exact) mass is 276 g/mol. The number of aliphatic hydroxyl groups excluding tert-OH is 1. The second kappa shape index (κ2) is 6.05. The van der Waals surface area contributed by atoms with E-state index in [0.717, 1.165) is 24.8 Å². The highest BCUT2D eigenvalue weighted by molar-refractivity contribution is 5.96. The second-order valence-electron chi connectivity index (χ2n) is 5.39. The average molecular weight is 276 g/mol. The van der Waals surface area contributed by atoms with Crippen LogP contribution < -0.4 is 10.6 Å². The summed E-state index contributed by atoms with van der Waals surface area (Å²) in [6.07, 6.45) is 2.60. The molecule has 3 N–H and O–H groups in total. The normalized spacial score (nSPS) is 16.1. The van der Waals surface area contributed by atoms with Crippen molar-refractivity contribution in [2.24, 2.45) is 0 Å². The third-order valence-electron chi connectivity index (χ3n) is 3.71. The minimum absolute atomic E-state index is 0.0510. The molecule has 1 fully saturated rings. The van der Waals surface area contributed by atoms with Crippen molar-refractivity contribution in [2.75, 3.05) is 13.2 Å². The lowest BCUT2D eigenvalue weighted by molar-refractivity contribution is -0.124. The molecule has 1 aliphatic carbocycles. The van der Waals surface area contributed by atoms with Gasteiger partial charge in [-0.3, -0.25) is 9.59 Å². The van der Waals surface area contributed by atoms with E-state index in [1.165, 1.54) is 0 Å². The quantitative estimate of drug-likeness (QED) is 0.743. The Kier molecular flexibility index (Phi) is 4.39. The van der Waals surface area contributed by atoms with Gasteiger partial charge in [-0.2, -0.15) is 0 Å². The van der Waals surface area contributed by atoms with Crippen LogP contribution in [0.4, 0.5) is 0 Å². The number of hydrogen-bond acceptors (Lipinski definition) is 3. The van der Waals surface area contributed by atoms with Crippen LogP contribution in [-0.2, 0) is 4.79 Å². The van der Waals surface area contributed by atoms with Gasteiger partial charge < -0.3 is 15.7 Å². The van der Waals surface area contributed by atoms with Crippen molar-refractivity contribution >= 4 is 11.8 Å². The maximum atomic E-state index is 11.9. The van der Waals surface area contributed by atoms with Crippen LogP contribution in [0.3, 0.4) is 0 Å². The number of amides is 2. The summed E-state index contributed by atoms with van der Waals surface area (Å²) in [5.74, 6) is -0.532. The van der Waals surface area contributed by atoms with Crippen molar-refractivity contribution in [2.45, 2.75) is 31.7 Å². The smallest absolute Gasteiger partial charge is 0.251 e. The largest absolute Gasteiger partial charge is 0.394 e. The Morgan fingerprint density at radius 3 is 2.65 bits per heavy atom. The van der Waals surface area contributed by atoms with Gasteiger partial charge in [0.05, 0.1) is 18.7 Å². The highest BCUT2D eigenvalue weighted by Crippen LogP contribution is 2.30. The van der Waals surface area contributed by atoms with Crippen LogP contribution in [0.2, 0.25) is 0 Å². The number of carbonyl (C=O) groups excluding carboxylic acids is 2. The number of nitrogens with one attached hydrogen (secondary N) is 2. The Morgan fingerprint density at radius 1 is 1.35 bits per heavy atom. The van der Waals surface area contributed by atoms with Gasteiger partial charge in [0.1, 0.15) is 0 Å².